The third kappa shape index (κ3) is 3.81. The summed E-state index contributed by atoms with van der Waals surface area (Å²) in [5.74, 6) is 0.358. The van der Waals surface area contributed by atoms with Crippen molar-refractivity contribution < 1.29 is 9.59 Å². The van der Waals surface area contributed by atoms with E-state index in [-0.39, 0.29) is 18.2 Å². The molecule has 0 saturated carbocycles. The van der Waals surface area contributed by atoms with Crippen LogP contribution in [0.4, 0.5) is 16.5 Å². The lowest BCUT2D eigenvalue weighted by atomic mass is 10.2. The van der Waals surface area contributed by atoms with Crippen molar-refractivity contribution in [1.29, 1.82) is 0 Å². The molecule has 0 spiro atoms. The zero-order chi connectivity index (χ0) is 19.5. The normalized spacial score (nSPS) is 13.3. The molecule has 0 N–H and O–H groups in total. The summed E-state index contributed by atoms with van der Waals surface area (Å²) in [6.07, 6.45) is 0.220. The van der Waals surface area contributed by atoms with Crippen molar-refractivity contribution in [3.05, 3.63) is 65.7 Å². The van der Waals surface area contributed by atoms with E-state index in [1.54, 1.807) is 21.6 Å². The van der Waals surface area contributed by atoms with Gasteiger partial charge in [0.2, 0.25) is 11.8 Å². The summed E-state index contributed by atoms with van der Waals surface area (Å²) >= 11 is 2.98. The van der Waals surface area contributed by atoms with Gasteiger partial charge in [-0.05, 0) is 31.2 Å². The van der Waals surface area contributed by atoms with Crippen LogP contribution < -0.4 is 9.80 Å². The number of aromatic nitrogens is 1. The molecular weight excluding hydrogens is 390 g/mol. The van der Waals surface area contributed by atoms with Gasteiger partial charge in [-0.1, -0.05) is 30.3 Å². The average molecular weight is 410 g/mol. The van der Waals surface area contributed by atoms with Crippen LogP contribution in [0.3, 0.4) is 0 Å². The first-order valence-electron chi connectivity index (χ1n) is 8.96. The number of benzene rings is 2. The van der Waals surface area contributed by atoms with Crippen molar-refractivity contribution in [1.82, 2.24) is 4.98 Å². The number of fused-ring (bicyclic) bond motifs is 1. The van der Waals surface area contributed by atoms with Crippen LogP contribution >= 0.6 is 23.1 Å². The van der Waals surface area contributed by atoms with Gasteiger partial charge in [-0.3, -0.25) is 14.5 Å². The van der Waals surface area contributed by atoms with Gasteiger partial charge in [-0.15, -0.1) is 23.1 Å². The number of thioether (sulfide) groups is 1. The third-order valence-corrected chi connectivity index (χ3v) is 6.41. The van der Waals surface area contributed by atoms with E-state index in [9.17, 15) is 9.59 Å². The largest absolute Gasteiger partial charge is 0.310 e. The number of aryl methyl sites for hydroxylation is 1. The van der Waals surface area contributed by atoms with Gasteiger partial charge in [0.15, 0.2) is 5.13 Å². The molecule has 5 nitrogen and oxygen atoms in total. The lowest BCUT2D eigenvalue weighted by molar-refractivity contribution is -0.118. The van der Waals surface area contributed by atoms with Gasteiger partial charge in [-0.2, -0.15) is 0 Å². The molecule has 0 unspecified atom stereocenters. The number of amides is 2. The molecule has 0 aliphatic carbocycles. The number of carbonyl (C=O) groups is 2. The first-order valence-corrected chi connectivity index (χ1v) is 10.8. The standard InChI is InChI=1S/C21H19N3O2S2/c1-15-13-28-21(22-15)24(16-7-3-2-4-8-16)19(25)11-12-23-17-9-5-6-10-18(17)27-14-20(23)26/h2-10,13H,11-12,14H2,1H3. The molecule has 2 heterocycles. The summed E-state index contributed by atoms with van der Waals surface area (Å²) < 4.78 is 0. The Balaban J connectivity index is 1.56. The molecular formula is C21H19N3O2S2. The topological polar surface area (TPSA) is 53.5 Å². The van der Waals surface area contributed by atoms with Gasteiger partial charge in [-0.25, -0.2) is 4.98 Å². The van der Waals surface area contributed by atoms with E-state index in [2.05, 4.69) is 4.98 Å². The van der Waals surface area contributed by atoms with E-state index in [1.807, 2.05) is 66.9 Å². The van der Waals surface area contributed by atoms with Crippen LogP contribution in [-0.4, -0.2) is 29.1 Å². The van der Waals surface area contributed by atoms with E-state index >= 15 is 0 Å². The Morgan fingerprint density at radius 2 is 1.89 bits per heavy atom. The van der Waals surface area contributed by atoms with Gasteiger partial charge < -0.3 is 4.90 Å². The summed E-state index contributed by atoms with van der Waals surface area (Å²) in [5.41, 5.74) is 2.54. The van der Waals surface area contributed by atoms with E-state index in [0.717, 1.165) is 22.0 Å². The van der Waals surface area contributed by atoms with Crippen molar-refractivity contribution >= 4 is 51.4 Å². The quantitative estimate of drug-likeness (QED) is 0.616. The predicted octanol–water partition coefficient (Wildman–Crippen LogP) is 4.65. The molecule has 0 fully saturated rings. The van der Waals surface area contributed by atoms with Crippen molar-refractivity contribution in [3.8, 4) is 0 Å². The van der Waals surface area contributed by atoms with Crippen molar-refractivity contribution in [2.75, 3.05) is 22.1 Å². The molecule has 0 bridgehead atoms. The van der Waals surface area contributed by atoms with Crippen molar-refractivity contribution in [3.63, 3.8) is 0 Å². The first kappa shape index (κ1) is 18.7. The van der Waals surface area contributed by atoms with E-state index in [4.69, 9.17) is 0 Å². The average Bonchev–Trinajstić information content (AvgIpc) is 3.14. The number of carbonyl (C=O) groups excluding carboxylic acids is 2. The molecule has 4 rings (SSSR count). The van der Waals surface area contributed by atoms with Crippen LogP contribution in [0.25, 0.3) is 0 Å². The summed E-state index contributed by atoms with van der Waals surface area (Å²) in [5, 5.41) is 2.58. The molecule has 28 heavy (non-hydrogen) atoms. The van der Waals surface area contributed by atoms with E-state index < -0.39 is 0 Å². The van der Waals surface area contributed by atoms with Crippen LogP contribution in [0.5, 0.6) is 0 Å². The van der Waals surface area contributed by atoms with Crippen LogP contribution in [0.15, 0.2) is 64.9 Å². The highest BCUT2D eigenvalue weighted by molar-refractivity contribution is 8.00. The monoisotopic (exact) mass is 409 g/mol. The molecule has 1 aliphatic rings. The molecule has 7 heteroatoms. The molecule has 0 radical (unpaired) electrons. The van der Waals surface area contributed by atoms with Crippen LogP contribution in [0.1, 0.15) is 12.1 Å². The maximum Gasteiger partial charge on any atom is 0.237 e. The maximum absolute atomic E-state index is 13.2. The Hall–Kier alpha value is -2.64. The van der Waals surface area contributed by atoms with Crippen molar-refractivity contribution in [2.24, 2.45) is 0 Å². The zero-order valence-corrected chi connectivity index (χ0v) is 17.0. The smallest absolute Gasteiger partial charge is 0.237 e. The lowest BCUT2D eigenvalue weighted by Crippen LogP contribution is -2.38. The second-order valence-corrected chi connectivity index (χ2v) is 8.24. The maximum atomic E-state index is 13.2. The van der Waals surface area contributed by atoms with Crippen LogP contribution in [0, 0.1) is 6.92 Å². The van der Waals surface area contributed by atoms with Gasteiger partial charge in [0, 0.05) is 23.2 Å². The Morgan fingerprint density at radius 3 is 2.64 bits per heavy atom. The number of rotatable bonds is 5. The summed E-state index contributed by atoms with van der Waals surface area (Å²) in [6.45, 7) is 2.26. The molecule has 0 atom stereocenters. The molecule has 2 amide bonds. The van der Waals surface area contributed by atoms with E-state index in [1.165, 1.54) is 11.3 Å². The highest BCUT2D eigenvalue weighted by atomic mass is 32.2. The number of anilines is 3. The highest BCUT2D eigenvalue weighted by Crippen LogP contribution is 2.35. The fourth-order valence-electron chi connectivity index (χ4n) is 3.10. The number of nitrogens with zero attached hydrogens (tertiary/aromatic N) is 3. The molecule has 0 saturated heterocycles. The fraction of sp³-hybridized carbons (Fsp3) is 0.190. The second kappa shape index (κ2) is 8.16. The van der Waals surface area contributed by atoms with Gasteiger partial charge in [0.25, 0.3) is 0 Å². The molecule has 2 aromatic carbocycles. The lowest BCUT2D eigenvalue weighted by Gasteiger charge is -2.29. The van der Waals surface area contributed by atoms with E-state index in [0.29, 0.717) is 17.4 Å². The van der Waals surface area contributed by atoms with Gasteiger partial charge in [0.1, 0.15) is 0 Å². The Kier molecular flexibility index (Phi) is 5.45. The number of hydrogen-bond donors (Lipinski definition) is 0. The molecule has 1 aromatic heterocycles. The van der Waals surface area contributed by atoms with Crippen molar-refractivity contribution in [2.45, 2.75) is 18.2 Å². The second-order valence-electron chi connectivity index (χ2n) is 6.39. The molecule has 3 aromatic rings. The minimum Gasteiger partial charge on any atom is -0.310 e. The predicted molar refractivity (Wildman–Crippen MR) is 115 cm³/mol. The summed E-state index contributed by atoms with van der Waals surface area (Å²) in [6, 6.07) is 17.3. The number of para-hydroxylation sites is 2. The van der Waals surface area contributed by atoms with Crippen LogP contribution in [0.2, 0.25) is 0 Å². The fourth-order valence-corrected chi connectivity index (χ4v) is 4.87. The Labute approximate surface area is 172 Å². The SMILES string of the molecule is Cc1csc(N(C(=O)CCN2C(=O)CSc3ccccc32)c2ccccc2)n1. The highest BCUT2D eigenvalue weighted by Gasteiger charge is 2.27. The Bertz CT molecular complexity index is 1000. The summed E-state index contributed by atoms with van der Waals surface area (Å²) in [7, 11) is 0. The minimum atomic E-state index is -0.0796. The molecule has 142 valence electrons. The zero-order valence-electron chi connectivity index (χ0n) is 15.4. The Morgan fingerprint density at radius 1 is 1.14 bits per heavy atom. The number of hydrogen-bond acceptors (Lipinski definition) is 5. The van der Waals surface area contributed by atoms with Gasteiger partial charge in [0.05, 0.1) is 22.8 Å². The van der Waals surface area contributed by atoms with Crippen LogP contribution in [-0.2, 0) is 9.59 Å². The number of thiazole rings is 1. The third-order valence-electron chi connectivity index (χ3n) is 4.42. The van der Waals surface area contributed by atoms with Gasteiger partial charge >= 0.3 is 0 Å². The first-order chi connectivity index (χ1) is 13.6. The summed E-state index contributed by atoms with van der Waals surface area (Å²) in [4.78, 5) is 34.6. The molecule has 1 aliphatic heterocycles. The minimum absolute atomic E-state index is 0.0351.